The summed E-state index contributed by atoms with van der Waals surface area (Å²) in [5.74, 6) is 0. The van der Waals surface area contributed by atoms with Gasteiger partial charge in [-0.15, -0.1) is 0 Å². The molecule has 20 heavy (non-hydrogen) atoms. The van der Waals surface area contributed by atoms with Gasteiger partial charge in [-0.1, -0.05) is 12.1 Å². The van der Waals surface area contributed by atoms with E-state index in [2.05, 4.69) is 16.7 Å². The Morgan fingerprint density at radius 3 is 2.65 bits per heavy atom. The molecule has 1 aromatic rings. The average molecular weight is 275 g/mol. The highest BCUT2D eigenvalue weighted by atomic mass is 16.6. The quantitative estimate of drug-likeness (QED) is 0.829. The fourth-order valence-electron chi connectivity index (χ4n) is 1.64. The van der Waals surface area contributed by atoms with Gasteiger partial charge in [-0.05, 0) is 39.3 Å². The van der Waals surface area contributed by atoms with Crippen LogP contribution in [0.15, 0.2) is 18.2 Å². The lowest BCUT2D eigenvalue weighted by Gasteiger charge is -2.19. The van der Waals surface area contributed by atoms with Crippen molar-refractivity contribution >= 4 is 11.8 Å². The van der Waals surface area contributed by atoms with Gasteiger partial charge in [-0.25, -0.2) is 4.79 Å². The van der Waals surface area contributed by atoms with E-state index in [1.807, 2.05) is 45.9 Å². The van der Waals surface area contributed by atoms with E-state index in [0.717, 1.165) is 11.3 Å². The van der Waals surface area contributed by atoms with E-state index in [1.165, 1.54) is 0 Å². The average Bonchev–Trinajstić information content (AvgIpc) is 2.32. The molecule has 0 heterocycles. The van der Waals surface area contributed by atoms with Gasteiger partial charge in [0.05, 0.1) is 11.3 Å². The van der Waals surface area contributed by atoms with E-state index in [-0.39, 0.29) is 0 Å². The molecule has 0 bridgehead atoms. The van der Waals surface area contributed by atoms with E-state index < -0.39 is 11.7 Å². The minimum Gasteiger partial charge on any atom is -0.444 e. The van der Waals surface area contributed by atoms with Crippen LogP contribution in [0.1, 0.15) is 31.9 Å². The van der Waals surface area contributed by atoms with Gasteiger partial charge in [0.15, 0.2) is 0 Å². The molecule has 5 nitrogen and oxygen atoms in total. The third-order valence-corrected chi connectivity index (χ3v) is 2.49. The van der Waals surface area contributed by atoms with Crippen molar-refractivity contribution in [3.8, 4) is 6.07 Å². The summed E-state index contributed by atoms with van der Waals surface area (Å²) >= 11 is 0. The molecule has 1 rings (SSSR count). The molecule has 0 aliphatic carbocycles. The second-order valence-corrected chi connectivity index (χ2v) is 5.46. The third-order valence-electron chi connectivity index (χ3n) is 2.49. The summed E-state index contributed by atoms with van der Waals surface area (Å²) in [7, 11) is 0. The molecule has 2 N–H and O–H groups in total. The zero-order valence-electron chi connectivity index (χ0n) is 12.4. The molecule has 0 aliphatic heterocycles. The van der Waals surface area contributed by atoms with E-state index >= 15 is 0 Å². The molecule has 0 unspecified atom stereocenters. The molecule has 5 heteroatoms. The van der Waals surface area contributed by atoms with Crippen LogP contribution in [0, 0.1) is 18.3 Å². The maximum absolute atomic E-state index is 11.4. The fraction of sp³-hybridized carbons (Fsp3) is 0.467. The van der Waals surface area contributed by atoms with Crippen molar-refractivity contribution in [2.24, 2.45) is 0 Å². The number of hydrogen-bond acceptors (Lipinski definition) is 4. The number of nitrogens with one attached hydrogen (secondary N) is 2. The Morgan fingerprint density at radius 2 is 2.05 bits per heavy atom. The number of nitrogens with zero attached hydrogens (tertiary/aromatic N) is 1. The zero-order chi connectivity index (χ0) is 15.2. The largest absolute Gasteiger partial charge is 0.444 e. The standard InChI is InChI=1S/C15H21N3O2/c1-11-6-5-7-13(12(11)10-16)17-8-9-18-14(19)20-15(2,3)4/h5-7,17H,8-9H2,1-4H3,(H,18,19). The van der Waals surface area contributed by atoms with Gasteiger partial charge in [-0.3, -0.25) is 0 Å². The molecule has 0 saturated carbocycles. The smallest absolute Gasteiger partial charge is 0.407 e. The summed E-state index contributed by atoms with van der Waals surface area (Å²) in [5, 5.41) is 14.9. The van der Waals surface area contributed by atoms with Crippen molar-refractivity contribution in [2.45, 2.75) is 33.3 Å². The van der Waals surface area contributed by atoms with Gasteiger partial charge in [-0.2, -0.15) is 5.26 Å². The van der Waals surface area contributed by atoms with Gasteiger partial charge >= 0.3 is 6.09 Å². The number of alkyl carbamates (subject to hydrolysis) is 1. The number of anilines is 1. The molecule has 0 spiro atoms. The topological polar surface area (TPSA) is 74.2 Å². The Balaban J connectivity index is 2.41. The summed E-state index contributed by atoms with van der Waals surface area (Å²) < 4.78 is 5.12. The SMILES string of the molecule is Cc1cccc(NCCNC(=O)OC(C)(C)C)c1C#N. The molecule has 0 aliphatic rings. The number of nitriles is 1. The number of carbonyl (C=O) groups is 1. The predicted molar refractivity (Wildman–Crippen MR) is 78.6 cm³/mol. The van der Waals surface area contributed by atoms with E-state index in [0.29, 0.717) is 18.7 Å². The lowest BCUT2D eigenvalue weighted by atomic mass is 10.1. The van der Waals surface area contributed by atoms with E-state index in [4.69, 9.17) is 10.00 Å². The first kappa shape index (κ1) is 15.8. The van der Waals surface area contributed by atoms with Gasteiger partial charge < -0.3 is 15.4 Å². The number of rotatable bonds is 4. The maximum Gasteiger partial charge on any atom is 0.407 e. The van der Waals surface area contributed by atoms with Crippen LogP contribution in [0.2, 0.25) is 0 Å². The van der Waals surface area contributed by atoms with Crippen molar-refractivity contribution < 1.29 is 9.53 Å². The van der Waals surface area contributed by atoms with Crippen LogP contribution >= 0.6 is 0 Å². The summed E-state index contributed by atoms with van der Waals surface area (Å²) in [6, 6.07) is 7.80. The van der Waals surface area contributed by atoms with Gasteiger partial charge in [0.25, 0.3) is 0 Å². The Kier molecular flexibility index (Phi) is 5.39. The van der Waals surface area contributed by atoms with Crippen LogP contribution in [0.25, 0.3) is 0 Å². The van der Waals surface area contributed by atoms with Crippen LogP contribution in [-0.4, -0.2) is 24.8 Å². The van der Waals surface area contributed by atoms with Crippen molar-refractivity contribution in [3.63, 3.8) is 0 Å². The molecule has 1 aromatic carbocycles. The fourth-order valence-corrected chi connectivity index (χ4v) is 1.64. The molecule has 108 valence electrons. The Morgan fingerprint density at radius 1 is 1.35 bits per heavy atom. The molecular weight excluding hydrogens is 254 g/mol. The normalized spacial score (nSPS) is 10.6. The first-order valence-electron chi connectivity index (χ1n) is 6.54. The van der Waals surface area contributed by atoms with Crippen LogP contribution in [0.3, 0.4) is 0 Å². The number of benzene rings is 1. The van der Waals surface area contributed by atoms with Gasteiger partial charge in [0, 0.05) is 13.1 Å². The van der Waals surface area contributed by atoms with Crippen molar-refractivity contribution in [1.82, 2.24) is 5.32 Å². The molecule has 0 aromatic heterocycles. The molecule has 0 atom stereocenters. The molecule has 0 radical (unpaired) electrons. The van der Waals surface area contributed by atoms with Crippen molar-refractivity contribution in [2.75, 3.05) is 18.4 Å². The highest BCUT2D eigenvalue weighted by Gasteiger charge is 2.15. The lowest BCUT2D eigenvalue weighted by Crippen LogP contribution is -2.35. The van der Waals surface area contributed by atoms with E-state index in [9.17, 15) is 4.79 Å². The third kappa shape index (κ3) is 5.19. The predicted octanol–water partition coefficient (Wildman–Crippen LogP) is 2.80. The van der Waals surface area contributed by atoms with Gasteiger partial charge in [0.1, 0.15) is 11.7 Å². The number of amides is 1. The number of carbonyl (C=O) groups excluding carboxylic acids is 1. The van der Waals surface area contributed by atoms with Crippen LogP contribution < -0.4 is 10.6 Å². The van der Waals surface area contributed by atoms with Crippen LogP contribution in [0.4, 0.5) is 10.5 Å². The number of aryl methyl sites for hydroxylation is 1. The van der Waals surface area contributed by atoms with Crippen molar-refractivity contribution in [3.05, 3.63) is 29.3 Å². The lowest BCUT2D eigenvalue weighted by molar-refractivity contribution is 0.0530. The highest BCUT2D eigenvalue weighted by molar-refractivity contribution is 5.67. The number of hydrogen-bond donors (Lipinski definition) is 2. The van der Waals surface area contributed by atoms with Crippen molar-refractivity contribution in [1.29, 1.82) is 5.26 Å². The van der Waals surface area contributed by atoms with Crippen LogP contribution in [-0.2, 0) is 4.74 Å². The summed E-state index contributed by atoms with van der Waals surface area (Å²) in [6.45, 7) is 8.29. The zero-order valence-corrected chi connectivity index (χ0v) is 12.4. The summed E-state index contributed by atoms with van der Waals surface area (Å²) in [6.07, 6.45) is -0.441. The monoisotopic (exact) mass is 275 g/mol. The van der Waals surface area contributed by atoms with E-state index in [1.54, 1.807) is 0 Å². The first-order chi connectivity index (χ1) is 9.33. The molecule has 0 saturated heterocycles. The van der Waals surface area contributed by atoms with Gasteiger partial charge in [0.2, 0.25) is 0 Å². The Bertz CT molecular complexity index is 513. The minimum absolute atomic E-state index is 0.424. The maximum atomic E-state index is 11.4. The Labute approximate surface area is 119 Å². The summed E-state index contributed by atoms with van der Waals surface area (Å²) in [4.78, 5) is 11.4. The summed E-state index contributed by atoms with van der Waals surface area (Å²) in [5.41, 5.74) is 1.84. The van der Waals surface area contributed by atoms with Crippen LogP contribution in [0.5, 0.6) is 0 Å². The molecule has 0 fully saturated rings. The minimum atomic E-state index is -0.498. The Hall–Kier alpha value is -2.22. The molecule has 1 amide bonds. The number of ether oxygens (including phenoxy) is 1. The second-order valence-electron chi connectivity index (χ2n) is 5.46. The second kappa shape index (κ2) is 6.80. The highest BCUT2D eigenvalue weighted by Crippen LogP contribution is 2.17. The first-order valence-corrected chi connectivity index (χ1v) is 6.54. The molecular formula is C15H21N3O2.